The summed E-state index contributed by atoms with van der Waals surface area (Å²) in [6.45, 7) is 2.99. The molecule has 4 rings (SSSR count). The molecule has 2 atom stereocenters. The van der Waals surface area contributed by atoms with E-state index in [2.05, 4.69) is 57.9 Å². The van der Waals surface area contributed by atoms with Gasteiger partial charge in [-0.05, 0) is 23.5 Å². The molecule has 1 N–H and O–H groups in total. The Morgan fingerprint density at radius 1 is 1.00 bits per heavy atom. The molecule has 1 saturated carbocycles. The Morgan fingerprint density at radius 3 is 2.35 bits per heavy atom. The average molecular weight is 347 g/mol. The molecule has 26 heavy (non-hydrogen) atoms. The predicted octanol–water partition coefficient (Wildman–Crippen LogP) is 3.56. The van der Waals surface area contributed by atoms with Crippen LogP contribution in [0, 0.1) is 5.92 Å². The monoisotopic (exact) mass is 347 g/mol. The van der Waals surface area contributed by atoms with E-state index in [0.29, 0.717) is 5.92 Å². The van der Waals surface area contributed by atoms with Crippen molar-refractivity contribution in [3.8, 4) is 0 Å². The SMILES string of the molecule is O=C(NN=C1CCN(Cc2ccccc2)CC1)C1CC1c1ccccc1. The average Bonchev–Trinajstić information content (AvgIpc) is 3.50. The van der Waals surface area contributed by atoms with E-state index < -0.39 is 0 Å². The van der Waals surface area contributed by atoms with E-state index in [1.165, 1.54) is 11.1 Å². The number of rotatable bonds is 5. The Labute approximate surface area is 154 Å². The molecule has 1 saturated heterocycles. The van der Waals surface area contributed by atoms with Gasteiger partial charge in [-0.25, -0.2) is 5.43 Å². The molecule has 134 valence electrons. The second kappa shape index (κ2) is 7.83. The minimum atomic E-state index is 0.0677. The third-order valence-electron chi connectivity index (χ3n) is 5.36. The molecule has 4 nitrogen and oxygen atoms in total. The van der Waals surface area contributed by atoms with Crippen LogP contribution >= 0.6 is 0 Å². The highest BCUT2D eigenvalue weighted by atomic mass is 16.2. The number of hydrogen-bond acceptors (Lipinski definition) is 3. The van der Waals surface area contributed by atoms with Crippen LogP contribution in [-0.4, -0.2) is 29.6 Å². The molecule has 1 aliphatic carbocycles. The smallest absolute Gasteiger partial charge is 0.243 e. The van der Waals surface area contributed by atoms with Gasteiger partial charge in [0.25, 0.3) is 0 Å². The van der Waals surface area contributed by atoms with Crippen LogP contribution in [0.3, 0.4) is 0 Å². The van der Waals surface area contributed by atoms with Gasteiger partial charge < -0.3 is 0 Å². The van der Waals surface area contributed by atoms with E-state index >= 15 is 0 Å². The second-order valence-corrected chi connectivity index (χ2v) is 7.28. The maximum Gasteiger partial charge on any atom is 0.243 e. The van der Waals surface area contributed by atoms with Crippen molar-refractivity contribution in [3.63, 3.8) is 0 Å². The van der Waals surface area contributed by atoms with Gasteiger partial charge in [0.1, 0.15) is 0 Å². The van der Waals surface area contributed by atoms with E-state index in [9.17, 15) is 4.79 Å². The number of likely N-dealkylation sites (tertiary alicyclic amines) is 1. The van der Waals surface area contributed by atoms with Gasteiger partial charge >= 0.3 is 0 Å². The summed E-state index contributed by atoms with van der Waals surface area (Å²) in [5.74, 6) is 0.516. The highest BCUT2D eigenvalue weighted by Gasteiger charge is 2.43. The fourth-order valence-electron chi connectivity index (χ4n) is 3.69. The Kier molecular flexibility index (Phi) is 5.12. The van der Waals surface area contributed by atoms with E-state index in [1.54, 1.807) is 0 Å². The van der Waals surface area contributed by atoms with Gasteiger partial charge in [0.15, 0.2) is 0 Å². The predicted molar refractivity (Wildman–Crippen MR) is 104 cm³/mol. The molecule has 1 aliphatic heterocycles. The molecule has 0 bridgehead atoms. The van der Waals surface area contributed by atoms with Gasteiger partial charge in [0, 0.05) is 44.1 Å². The van der Waals surface area contributed by atoms with Crippen molar-refractivity contribution in [3.05, 3.63) is 71.8 Å². The van der Waals surface area contributed by atoms with Crippen LogP contribution in [0.15, 0.2) is 65.8 Å². The molecule has 2 aliphatic rings. The van der Waals surface area contributed by atoms with Crippen LogP contribution < -0.4 is 5.43 Å². The fraction of sp³-hybridized carbons (Fsp3) is 0.364. The van der Waals surface area contributed by atoms with Crippen LogP contribution in [-0.2, 0) is 11.3 Å². The molecule has 0 aromatic heterocycles. The summed E-state index contributed by atoms with van der Waals surface area (Å²) < 4.78 is 0. The van der Waals surface area contributed by atoms with Crippen LogP contribution in [0.25, 0.3) is 0 Å². The number of nitrogens with one attached hydrogen (secondary N) is 1. The van der Waals surface area contributed by atoms with E-state index in [4.69, 9.17) is 0 Å². The Balaban J connectivity index is 1.23. The zero-order chi connectivity index (χ0) is 17.8. The van der Waals surface area contributed by atoms with E-state index in [-0.39, 0.29) is 11.8 Å². The van der Waals surface area contributed by atoms with Crippen molar-refractivity contribution in [1.29, 1.82) is 0 Å². The maximum atomic E-state index is 12.3. The lowest BCUT2D eigenvalue weighted by Crippen LogP contribution is -2.34. The number of piperidine rings is 1. The first-order chi connectivity index (χ1) is 12.8. The Hall–Kier alpha value is -2.46. The topological polar surface area (TPSA) is 44.7 Å². The molecule has 2 fully saturated rings. The molecule has 1 amide bonds. The second-order valence-electron chi connectivity index (χ2n) is 7.28. The van der Waals surface area contributed by atoms with Crippen molar-refractivity contribution >= 4 is 11.6 Å². The molecular weight excluding hydrogens is 322 g/mol. The normalized spacial score (nSPS) is 22.7. The number of carbonyl (C=O) groups excluding carboxylic acids is 1. The van der Waals surface area contributed by atoms with E-state index in [1.807, 2.05) is 18.2 Å². The zero-order valence-corrected chi connectivity index (χ0v) is 15.0. The fourth-order valence-corrected chi connectivity index (χ4v) is 3.69. The molecule has 2 unspecified atom stereocenters. The number of benzene rings is 2. The summed E-state index contributed by atoms with van der Waals surface area (Å²) in [4.78, 5) is 14.8. The van der Waals surface area contributed by atoms with Gasteiger partial charge in [-0.3, -0.25) is 9.69 Å². The number of carbonyl (C=O) groups is 1. The van der Waals surface area contributed by atoms with Gasteiger partial charge in [0.05, 0.1) is 0 Å². The lowest BCUT2D eigenvalue weighted by atomic mass is 10.1. The van der Waals surface area contributed by atoms with Crippen molar-refractivity contribution < 1.29 is 4.79 Å². The highest BCUT2D eigenvalue weighted by Crippen LogP contribution is 2.47. The summed E-state index contributed by atoms with van der Waals surface area (Å²) in [6, 6.07) is 20.8. The largest absolute Gasteiger partial charge is 0.298 e. The van der Waals surface area contributed by atoms with Crippen LogP contribution in [0.5, 0.6) is 0 Å². The summed E-state index contributed by atoms with van der Waals surface area (Å²) in [6.07, 6.45) is 2.80. The molecule has 4 heteroatoms. The standard InChI is InChI=1S/C22H25N3O/c26-22(21-15-20(21)18-9-5-2-6-10-18)24-23-19-11-13-25(14-12-19)16-17-7-3-1-4-8-17/h1-10,20-21H,11-16H2,(H,24,26). The summed E-state index contributed by atoms with van der Waals surface area (Å²) >= 11 is 0. The van der Waals surface area contributed by atoms with Crippen molar-refractivity contribution in [2.45, 2.75) is 31.7 Å². The van der Waals surface area contributed by atoms with Crippen molar-refractivity contribution in [2.24, 2.45) is 11.0 Å². The van der Waals surface area contributed by atoms with Gasteiger partial charge in [-0.1, -0.05) is 60.7 Å². The summed E-state index contributed by atoms with van der Waals surface area (Å²) in [7, 11) is 0. The molecular formula is C22H25N3O. The van der Waals surface area contributed by atoms with Crippen molar-refractivity contribution in [2.75, 3.05) is 13.1 Å². The zero-order valence-electron chi connectivity index (χ0n) is 15.0. The number of amides is 1. The third-order valence-corrected chi connectivity index (χ3v) is 5.36. The first-order valence-electron chi connectivity index (χ1n) is 9.46. The summed E-state index contributed by atoms with van der Waals surface area (Å²) in [5, 5.41) is 4.40. The number of hydrogen-bond donors (Lipinski definition) is 1. The van der Waals surface area contributed by atoms with Gasteiger partial charge in [-0.2, -0.15) is 5.10 Å². The first-order valence-corrected chi connectivity index (χ1v) is 9.46. The molecule has 2 aromatic rings. The molecule has 0 spiro atoms. The minimum Gasteiger partial charge on any atom is -0.298 e. The third kappa shape index (κ3) is 4.20. The first kappa shape index (κ1) is 17.0. The number of nitrogens with zero attached hydrogens (tertiary/aromatic N) is 2. The lowest BCUT2D eigenvalue weighted by molar-refractivity contribution is -0.122. The van der Waals surface area contributed by atoms with Gasteiger partial charge in [-0.15, -0.1) is 0 Å². The lowest BCUT2D eigenvalue weighted by Gasteiger charge is -2.27. The van der Waals surface area contributed by atoms with Crippen LogP contribution in [0.2, 0.25) is 0 Å². The Morgan fingerprint density at radius 2 is 1.65 bits per heavy atom. The molecule has 2 aromatic carbocycles. The van der Waals surface area contributed by atoms with Crippen LogP contribution in [0.4, 0.5) is 0 Å². The van der Waals surface area contributed by atoms with Crippen molar-refractivity contribution in [1.82, 2.24) is 10.3 Å². The maximum absolute atomic E-state index is 12.3. The number of hydrazone groups is 1. The van der Waals surface area contributed by atoms with Gasteiger partial charge in [0.2, 0.25) is 5.91 Å². The van der Waals surface area contributed by atoms with Crippen LogP contribution in [0.1, 0.15) is 36.3 Å². The molecule has 1 heterocycles. The van der Waals surface area contributed by atoms with E-state index in [0.717, 1.165) is 44.6 Å². The minimum absolute atomic E-state index is 0.0677. The molecule has 0 radical (unpaired) electrons. The highest BCUT2D eigenvalue weighted by molar-refractivity contribution is 5.88. The Bertz CT molecular complexity index is 762. The quantitative estimate of drug-likeness (QED) is 0.841. The summed E-state index contributed by atoms with van der Waals surface area (Å²) in [5.41, 5.74) is 6.53.